The molecule has 0 saturated carbocycles. The van der Waals surface area contributed by atoms with E-state index in [4.69, 9.17) is 4.52 Å². The van der Waals surface area contributed by atoms with Crippen LogP contribution >= 0.6 is 11.3 Å². The summed E-state index contributed by atoms with van der Waals surface area (Å²) in [5.41, 5.74) is 2.62. The highest BCUT2D eigenvalue weighted by Gasteiger charge is 2.20. The average molecular weight is 395 g/mol. The molecule has 3 aromatic heterocycles. The van der Waals surface area contributed by atoms with Gasteiger partial charge in [0.25, 0.3) is 5.91 Å². The van der Waals surface area contributed by atoms with Crippen LogP contribution in [0.25, 0.3) is 16.5 Å². The summed E-state index contributed by atoms with van der Waals surface area (Å²) < 4.78 is 6.77. The standard InChI is InChI=1S/C18H17N7O2S/c1-10-12(3)28-18(20-10)25-11(2)15(22-24-25)17(26)19-9-14-21-16(23-27-14)13-7-5-4-6-8-13/h4-8H,9H2,1-3H3,(H,19,26). The van der Waals surface area contributed by atoms with E-state index >= 15 is 0 Å². The molecule has 0 unspecified atom stereocenters. The van der Waals surface area contributed by atoms with Crippen LogP contribution in [0.15, 0.2) is 34.9 Å². The molecular formula is C18H17N7O2S. The molecule has 0 aliphatic carbocycles. The number of nitrogens with one attached hydrogen (secondary N) is 1. The van der Waals surface area contributed by atoms with Crippen LogP contribution in [0.4, 0.5) is 0 Å². The Morgan fingerprint density at radius 1 is 1.18 bits per heavy atom. The molecule has 142 valence electrons. The van der Waals surface area contributed by atoms with Crippen LogP contribution in [-0.2, 0) is 6.54 Å². The molecule has 3 heterocycles. The zero-order chi connectivity index (χ0) is 19.7. The lowest BCUT2D eigenvalue weighted by Crippen LogP contribution is -2.24. The van der Waals surface area contributed by atoms with Crippen LogP contribution in [0.3, 0.4) is 0 Å². The number of aryl methyl sites for hydroxylation is 2. The van der Waals surface area contributed by atoms with Crippen molar-refractivity contribution in [3.63, 3.8) is 0 Å². The fourth-order valence-electron chi connectivity index (χ4n) is 2.54. The van der Waals surface area contributed by atoms with E-state index in [2.05, 4.69) is 30.8 Å². The topological polar surface area (TPSA) is 112 Å². The van der Waals surface area contributed by atoms with E-state index in [-0.39, 0.29) is 18.1 Å². The number of carbonyl (C=O) groups excluding carboxylic acids is 1. The highest BCUT2D eigenvalue weighted by molar-refractivity contribution is 7.14. The molecule has 10 heteroatoms. The minimum absolute atomic E-state index is 0.0977. The summed E-state index contributed by atoms with van der Waals surface area (Å²) in [6.07, 6.45) is 0. The second-order valence-corrected chi connectivity index (χ2v) is 7.32. The molecular weight excluding hydrogens is 378 g/mol. The zero-order valence-electron chi connectivity index (χ0n) is 15.5. The lowest BCUT2D eigenvalue weighted by molar-refractivity contribution is 0.0940. The number of carbonyl (C=O) groups is 1. The smallest absolute Gasteiger partial charge is 0.274 e. The van der Waals surface area contributed by atoms with Gasteiger partial charge in [-0.05, 0) is 20.8 Å². The molecule has 0 fully saturated rings. The minimum atomic E-state index is -0.367. The molecule has 0 saturated heterocycles. The van der Waals surface area contributed by atoms with E-state index in [1.807, 2.05) is 44.2 Å². The summed E-state index contributed by atoms with van der Waals surface area (Å²) in [5.74, 6) is 0.415. The van der Waals surface area contributed by atoms with Crippen molar-refractivity contribution in [3.8, 4) is 16.5 Å². The van der Waals surface area contributed by atoms with Gasteiger partial charge < -0.3 is 9.84 Å². The van der Waals surface area contributed by atoms with E-state index in [9.17, 15) is 4.79 Å². The van der Waals surface area contributed by atoms with E-state index in [0.29, 0.717) is 22.5 Å². The van der Waals surface area contributed by atoms with Crippen molar-refractivity contribution in [2.75, 3.05) is 0 Å². The number of nitrogens with zero attached hydrogens (tertiary/aromatic N) is 6. The average Bonchev–Trinajstić information content (AvgIpc) is 3.40. The maximum Gasteiger partial charge on any atom is 0.274 e. The summed E-state index contributed by atoms with van der Waals surface area (Å²) in [6.45, 7) is 5.80. The first-order valence-corrected chi connectivity index (χ1v) is 9.37. The SMILES string of the molecule is Cc1nc(-n2nnc(C(=O)NCc3nc(-c4ccccc4)no3)c2C)sc1C. The maximum atomic E-state index is 12.5. The van der Waals surface area contributed by atoms with Gasteiger partial charge in [-0.25, -0.2) is 4.98 Å². The zero-order valence-corrected chi connectivity index (χ0v) is 16.3. The largest absolute Gasteiger partial charge is 0.341 e. The van der Waals surface area contributed by atoms with Crippen LogP contribution in [0.2, 0.25) is 0 Å². The van der Waals surface area contributed by atoms with Gasteiger partial charge in [0.1, 0.15) is 0 Å². The van der Waals surface area contributed by atoms with E-state index in [0.717, 1.165) is 16.1 Å². The number of aromatic nitrogens is 6. The van der Waals surface area contributed by atoms with Gasteiger partial charge in [0.2, 0.25) is 16.8 Å². The molecule has 0 aliphatic rings. The van der Waals surface area contributed by atoms with E-state index in [1.165, 1.54) is 11.3 Å². The number of amides is 1. The molecule has 1 amide bonds. The van der Waals surface area contributed by atoms with Gasteiger partial charge in [-0.3, -0.25) is 4.79 Å². The van der Waals surface area contributed by atoms with Crippen molar-refractivity contribution in [1.82, 2.24) is 35.4 Å². The van der Waals surface area contributed by atoms with Crippen LogP contribution in [0.5, 0.6) is 0 Å². The first kappa shape index (κ1) is 18.0. The predicted octanol–water partition coefficient (Wildman–Crippen LogP) is 2.63. The van der Waals surface area contributed by atoms with Crippen molar-refractivity contribution in [1.29, 1.82) is 0 Å². The van der Waals surface area contributed by atoms with E-state index in [1.54, 1.807) is 11.6 Å². The quantitative estimate of drug-likeness (QED) is 0.553. The summed E-state index contributed by atoms with van der Waals surface area (Å²) >= 11 is 1.50. The molecule has 9 nitrogen and oxygen atoms in total. The monoisotopic (exact) mass is 395 g/mol. The molecule has 0 bridgehead atoms. The number of thiazole rings is 1. The van der Waals surface area contributed by atoms with Crippen molar-refractivity contribution in [2.24, 2.45) is 0 Å². The molecule has 1 N–H and O–H groups in total. The van der Waals surface area contributed by atoms with Crippen molar-refractivity contribution in [3.05, 3.63) is 58.2 Å². The van der Waals surface area contributed by atoms with Gasteiger partial charge in [0.15, 0.2) is 5.69 Å². The van der Waals surface area contributed by atoms with Gasteiger partial charge in [-0.1, -0.05) is 52.0 Å². The lowest BCUT2D eigenvalue weighted by atomic mass is 10.2. The molecule has 0 spiro atoms. The molecule has 4 rings (SSSR count). The lowest BCUT2D eigenvalue weighted by Gasteiger charge is -2.01. The summed E-state index contributed by atoms with van der Waals surface area (Å²) in [7, 11) is 0. The maximum absolute atomic E-state index is 12.5. The first-order valence-electron chi connectivity index (χ1n) is 8.56. The summed E-state index contributed by atoms with van der Waals surface area (Å²) in [4.78, 5) is 22.3. The van der Waals surface area contributed by atoms with Gasteiger partial charge in [0.05, 0.1) is 17.9 Å². The van der Waals surface area contributed by atoms with Crippen molar-refractivity contribution >= 4 is 17.2 Å². The normalized spacial score (nSPS) is 11.0. The molecule has 0 radical (unpaired) electrons. The highest BCUT2D eigenvalue weighted by Crippen LogP contribution is 2.21. The second-order valence-electron chi connectivity index (χ2n) is 6.13. The number of hydrogen-bond acceptors (Lipinski definition) is 8. The van der Waals surface area contributed by atoms with Crippen LogP contribution in [0.1, 0.15) is 32.6 Å². The molecule has 0 atom stereocenters. The molecule has 1 aromatic carbocycles. The predicted molar refractivity (Wildman–Crippen MR) is 102 cm³/mol. The second kappa shape index (κ2) is 7.31. The fraction of sp³-hybridized carbons (Fsp3) is 0.222. The van der Waals surface area contributed by atoms with Crippen molar-refractivity contribution < 1.29 is 9.32 Å². The number of benzene rings is 1. The van der Waals surface area contributed by atoms with Crippen molar-refractivity contribution in [2.45, 2.75) is 27.3 Å². The Bertz CT molecular complexity index is 1110. The summed E-state index contributed by atoms with van der Waals surface area (Å²) in [6, 6.07) is 9.47. The highest BCUT2D eigenvalue weighted by atomic mass is 32.1. The first-order chi connectivity index (χ1) is 13.5. The van der Waals surface area contributed by atoms with Gasteiger partial charge in [0, 0.05) is 10.4 Å². The minimum Gasteiger partial charge on any atom is -0.341 e. The Morgan fingerprint density at radius 2 is 1.96 bits per heavy atom. The van der Waals surface area contributed by atoms with E-state index < -0.39 is 0 Å². The van der Waals surface area contributed by atoms with Gasteiger partial charge in [-0.2, -0.15) is 9.67 Å². The Morgan fingerprint density at radius 3 is 2.68 bits per heavy atom. The Labute approximate surface area is 164 Å². The third kappa shape index (κ3) is 3.41. The van der Waals surface area contributed by atoms with Crippen LogP contribution in [-0.4, -0.2) is 36.0 Å². The Kier molecular flexibility index (Phi) is 4.70. The molecule has 28 heavy (non-hydrogen) atoms. The Balaban J connectivity index is 1.46. The summed E-state index contributed by atoms with van der Waals surface area (Å²) in [5, 5.41) is 15.4. The number of rotatable bonds is 5. The van der Waals surface area contributed by atoms with Gasteiger partial charge in [-0.15, -0.1) is 5.10 Å². The van der Waals surface area contributed by atoms with Crippen LogP contribution < -0.4 is 5.32 Å². The third-order valence-electron chi connectivity index (χ3n) is 4.21. The molecule has 4 aromatic rings. The third-order valence-corrected chi connectivity index (χ3v) is 5.26. The van der Waals surface area contributed by atoms with Crippen LogP contribution in [0, 0.1) is 20.8 Å². The molecule has 0 aliphatic heterocycles. The fourth-order valence-corrected chi connectivity index (χ4v) is 3.45. The number of hydrogen-bond donors (Lipinski definition) is 1. The Hall–Kier alpha value is -3.40. The van der Waals surface area contributed by atoms with Gasteiger partial charge >= 0.3 is 0 Å².